The Morgan fingerprint density at radius 3 is 1.31 bits per heavy atom. The van der Waals surface area contributed by atoms with E-state index in [1.165, 1.54) is 50.7 Å². The number of allylic oxidation sites excluding steroid dienone is 3. The van der Waals surface area contributed by atoms with Crippen molar-refractivity contribution in [2.45, 2.75) is 38.8 Å². The van der Waals surface area contributed by atoms with Crippen molar-refractivity contribution in [1.29, 1.82) is 5.26 Å². The van der Waals surface area contributed by atoms with E-state index in [2.05, 4.69) is 186 Å². The normalized spacial score (nSPS) is 13.7. The molecule has 7 aromatic carbocycles. The van der Waals surface area contributed by atoms with Crippen molar-refractivity contribution in [3.63, 3.8) is 0 Å². The number of halogens is 3. The predicted molar refractivity (Wildman–Crippen MR) is 351 cm³/mol. The minimum absolute atomic E-state index is 0. The van der Waals surface area contributed by atoms with Gasteiger partial charge in [0.2, 0.25) is 0 Å². The summed E-state index contributed by atoms with van der Waals surface area (Å²) in [4.78, 5) is 29.6. The van der Waals surface area contributed by atoms with Crippen molar-refractivity contribution in [3.8, 4) is 67.7 Å². The van der Waals surface area contributed by atoms with Crippen LogP contribution in [0.4, 0.5) is 18.9 Å². The Morgan fingerprint density at radius 1 is 0.478 bits per heavy atom. The molecule has 0 amide bonds. The third-order valence-corrected chi connectivity index (χ3v) is 16.7. The molecule has 13 aromatic rings. The van der Waals surface area contributed by atoms with E-state index in [1.54, 1.807) is 24.4 Å². The second-order valence-electron chi connectivity index (χ2n) is 22.2. The molecule has 9 nitrogen and oxygen atoms in total. The number of ether oxygens (including phenoxy) is 1. The molecule has 0 radical (unpaired) electrons. The molecule has 0 saturated heterocycles. The summed E-state index contributed by atoms with van der Waals surface area (Å²) in [7, 11) is 0. The van der Waals surface area contributed by atoms with E-state index >= 15 is 0 Å². The topological polar surface area (TPSA) is 114 Å². The van der Waals surface area contributed by atoms with E-state index in [0.29, 0.717) is 23.4 Å². The number of hydrogen-bond donors (Lipinski definition) is 0. The van der Waals surface area contributed by atoms with Gasteiger partial charge in [0, 0.05) is 108 Å². The summed E-state index contributed by atoms with van der Waals surface area (Å²) in [6.07, 6.45) is 10.2. The molecule has 0 atom stereocenters. The molecule has 16 rings (SSSR count). The standard InChI is InChI=1S/C29H23F3N4O.2C24H16N2.Ru/c1-17-6-8-34-24(12-17)25-14-18(7-9-35-25)22(16-33)26-15-23(29(30,31)32)21-13-19-4-2-10-36-11-3-5-20(27(19)36)28(21)37-26;2*1-3-7-17(8-4-1)19-13-15-25-23-21(19)11-12-22-20(14-16-26-24(22)23)18-9-5-2-6-10-18;/h6-9,12-15H,2-5,10-11H2,1H3;2*1-16H;/b26-22-;;;. The third-order valence-electron chi connectivity index (χ3n) is 16.7. The van der Waals surface area contributed by atoms with Gasteiger partial charge in [0.05, 0.1) is 39.0 Å². The molecule has 9 heterocycles. The Morgan fingerprint density at radius 2 is 0.889 bits per heavy atom. The molecule has 3 aliphatic heterocycles. The summed E-state index contributed by atoms with van der Waals surface area (Å²) in [5.41, 5.74) is 17.9. The van der Waals surface area contributed by atoms with Crippen LogP contribution >= 0.6 is 0 Å². The van der Waals surface area contributed by atoms with E-state index in [-0.39, 0.29) is 42.1 Å². The van der Waals surface area contributed by atoms with E-state index in [0.717, 1.165) is 104 Å². The van der Waals surface area contributed by atoms with E-state index in [1.807, 2.05) is 68.1 Å². The molecule has 0 aliphatic carbocycles. The number of anilines is 1. The SMILES string of the molecule is Cc1ccnc(-c2cc(/C(C#N)=C3/C=C(C(F)(F)F)c4cc5c6c(c4O3)CCCN6CCC5)ccn2)c1.[Ru].c1ccc(-c2ccnc3c2ccc2c(-c4ccccc4)ccnc23)cc1.c1ccc(-c2ccnc3c2ccc2c(-c4ccccc4)ccnc23)cc1. The Labute approximate surface area is 531 Å². The summed E-state index contributed by atoms with van der Waals surface area (Å²) in [6.45, 7) is 3.71. The first-order valence-electron chi connectivity index (χ1n) is 29.7. The van der Waals surface area contributed by atoms with Crippen LogP contribution in [0.25, 0.3) is 111 Å². The Kier molecular flexibility index (Phi) is 16.4. The summed E-state index contributed by atoms with van der Waals surface area (Å²) >= 11 is 0. The van der Waals surface area contributed by atoms with Crippen LogP contribution in [0.5, 0.6) is 5.75 Å². The first-order chi connectivity index (χ1) is 43.7. The molecule has 0 unspecified atom stereocenters. The molecule has 0 N–H and O–H groups in total. The molecular formula is C77H55F3N8ORu. The number of hydrogen-bond acceptors (Lipinski definition) is 9. The van der Waals surface area contributed by atoms with Gasteiger partial charge in [-0.1, -0.05) is 146 Å². The van der Waals surface area contributed by atoms with Crippen molar-refractivity contribution < 1.29 is 37.4 Å². The number of nitrogens with zero attached hydrogens (tertiary/aromatic N) is 8. The second kappa shape index (κ2) is 25.3. The first kappa shape index (κ1) is 58.5. The van der Waals surface area contributed by atoms with Gasteiger partial charge in [-0.15, -0.1) is 0 Å². The molecule has 0 fully saturated rings. The van der Waals surface area contributed by atoms with Crippen molar-refractivity contribution in [2.75, 3.05) is 18.0 Å². The van der Waals surface area contributed by atoms with Crippen LogP contribution in [-0.2, 0) is 32.3 Å². The van der Waals surface area contributed by atoms with Crippen LogP contribution in [0.15, 0.2) is 249 Å². The fraction of sp³-hybridized carbons (Fsp3) is 0.104. The number of benzene rings is 7. The van der Waals surface area contributed by atoms with Gasteiger partial charge in [0.15, 0.2) is 0 Å². The fourth-order valence-electron chi connectivity index (χ4n) is 12.7. The maximum absolute atomic E-state index is 14.4. The summed E-state index contributed by atoms with van der Waals surface area (Å²) in [6, 6.07) is 69.4. The van der Waals surface area contributed by atoms with E-state index in [4.69, 9.17) is 4.74 Å². The molecule has 13 heteroatoms. The van der Waals surface area contributed by atoms with E-state index in [9.17, 15) is 18.4 Å². The molecule has 3 aliphatic rings. The fourth-order valence-corrected chi connectivity index (χ4v) is 12.7. The van der Waals surface area contributed by atoms with Crippen LogP contribution < -0.4 is 9.64 Å². The summed E-state index contributed by atoms with van der Waals surface area (Å²) in [5.74, 6) is 0.110. The molecule has 6 aromatic heterocycles. The van der Waals surface area contributed by atoms with Gasteiger partial charge in [-0.3, -0.25) is 29.9 Å². The molecule has 438 valence electrons. The molecule has 0 bridgehead atoms. The molecule has 0 spiro atoms. The molecule has 0 saturated carbocycles. The minimum Gasteiger partial charge on any atom is -0.455 e. The molecular weight excluding hydrogens is 1210 g/mol. The van der Waals surface area contributed by atoms with Crippen LogP contribution in [-0.4, -0.2) is 49.2 Å². The van der Waals surface area contributed by atoms with Crippen molar-refractivity contribution in [2.24, 2.45) is 0 Å². The van der Waals surface area contributed by atoms with Crippen LogP contribution in [0, 0.1) is 18.3 Å². The maximum Gasteiger partial charge on any atom is 0.417 e. The number of aryl methyl sites for hydroxylation is 2. The number of rotatable bonds is 6. The van der Waals surface area contributed by atoms with Gasteiger partial charge < -0.3 is 9.64 Å². The monoisotopic (exact) mass is 1270 g/mol. The van der Waals surface area contributed by atoms with Crippen LogP contribution in [0.3, 0.4) is 0 Å². The number of pyridine rings is 6. The van der Waals surface area contributed by atoms with Crippen LogP contribution in [0.2, 0.25) is 0 Å². The van der Waals surface area contributed by atoms with Crippen molar-refractivity contribution in [3.05, 3.63) is 277 Å². The number of aromatic nitrogens is 6. The third kappa shape index (κ3) is 11.4. The average Bonchev–Trinajstić information content (AvgIpc) is 0.767. The summed E-state index contributed by atoms with van der Waals surface area (Å²) in [5, 5.41) is 14.6. The smallest absolute Gasteiger partial charge is 0.417 e. The predicted octanol–water partition coefficient (Wildman–Crippen LogP) is 18.7. The first-order valence-corrected chi connectivity index (χ1v) is 29.7. The number of nitriles is 1. The van der Waals surface area contributed by atoms with Gasteiger partial charge in [-0.2, -0.15) is 18.4 Å². The maximum atomic E-state index is 14.4. The Balaban J connectivity index is 0.000000126. The largest absolute Gasteiger partial charge is 0.455 e. The zero-order chi connectivity index (χ0) is 60.4. The van der Waals surface area contributed by atoms with Gasteiger partial charge in [0.1, 0.15) is 23.2 Å². The Bertz CT molecular complexity index is 4560. The zero-order valence-electron chi connectivity index (χ0n) is 48.8. The minimum atomic E-state index is -4.61. The number of fused-ring (bicyclic) bond motifs is 8. The van der Waals surface area contributed by atoms with Crippen LogP contribution in [0.1, 0.15) is 40.7 Å². The van der Waals surface area contributed by atoms with Gasteiger partial charge in [-0.05, 0) is 154 Å². The van der Waals surface area contributed by atoms with Gasteiger partial charge in [0.25, 0.3) is 0 Å². The summed E-state index contributed by atoms with van der Waals surface area (Å²) < 4.78 is 49.4. The Hall–Kier alpha value is -10.5. The second-order valence-corrected chi connectivity index (χ2v) is 22.2. The van der Waals surface area contributed by atoms with E-state index < -0.39 is 11.7 Å². The number of alkyl halides is 3. The van der Waals surface area contributed by atoms with Gasteiger partial charge >= 0.3 is 6.18 Å². The van der Waals surface area contributed by atoms with Crippen molar-refractivity contribution in [1.82, 2.24) is 29.9 Å². The molecule has 90 heavy (non-hydrogen) atoms. The quantitative estimate of drug-likeness (QED) is 0.0912. The average molecular weight is 1270 g/mol. The van der Waals surface area contributed by atoms with Gasteiger partial charge in [-0.25, -0.2) is 0 Å². The van der Waals surface area contributed by atoms with Crippen molar-refractivity contribution >= 4 is 60.4 Å². The zero-order valence-corrected chi connectivity index (χ0v) is 50.5.